The van der Waals surface area contributed by atoms with Crippen molar-refractivity contribution >= 4 is 5.91 Å². The van der Waals surface area contributed by atoms with Gasteiger partial charge in [0.05, 0.1) is 18.8 Å². The maximum Gasteiger partial charge on any atom is 0.254 e. The van der Waals surface area contributed by atoms with Gasteiger partial charge in [0.2, 0.25) is 0 Å². The third kappa shape index (κ3) is 4.29. The Morgan fingerprint density at radius 2 is 1.88 bits per heavy atom. The van der Waals surface area contributed by atoms with Crippen molar-refractivity contribution in [1.82, 2.24) is 5.32 Å². The van der Waals surface area contributed by atoms with E-state index in [0.29, 0.717) is 5.56 Å². The summed E-state index contributed by atoms with van der Waals surface area (Å²) in [6, 6.07) is 9.37. The topological polar surface area (TPSA) is 58.6 Å². The number of benzene rings is 2. The second kappa shape index (κ2) is 7.88. The van der Waals surface area contributed by atoms with Crippen LogP contribution in [-0.4, -0.2) is 24.2 Å². The van der Waals surface area contributed by atoms with Crippen molar-refractivity contribution < 1.29 is 23.4 Å². The Morgan fingerprint density at radius 3 is 2.50 bits per heavy atom. The van der Waals surface area contributed by atoms with Crippen molar-refractivity contribution in [3.63, 3.8) is 0 Å². The monoisotopic (exact) mass is 335 g/mol. The minimum absolute atomic E-state index is 0.0124. The molecule has 4 nitrogen and oxygen atoms in total. The minimum atomic E-state index is -0.865. The number of methoxy groups -OCH3 is 1. The first-order valence-electron chi connectivity index (χ1n) is 7.49. The average molecular weight is 335 g/mol. The Kier molecular flexibility index (Phi) is 5.87. The number of aliphatic hydroxyl groups is 1. The fourth-order valence-corrected chi connectivity index (χ4v) is 2.36. The molecule has 0 saturated heterocycles. The highest BCUT2D eigenvalue weighted by Crippen LogP contribution is 2.21. The molecule has 2 aromatic rings. The number of ether oxygens (including phenoxy) is 1. The zero-order valence-corrected chi connectivity index (χ0v) is 13.4. The van der Waals surface area contributed by atoms with E-state index in [0.717, 1.165) is 0 Å². The third-order valence-electron chi connectivity index (χ3n) is 3.64. The van der Waals surface area contributed by atoms with Gasteiger partial charge in [-0.05, 0) is 43.2 Å². The highest BCUT2D eigenvalue weighted by Gasteiger charge is 2.19. The van der Waals surface area contributed by atoms with Gasteiger partial charge < -0.3 is 15.2 Å². The summed E-state index contributed by atoms with van der Waals surface area (Å²) in [7, 11) is 1.32. The number of hydrogen-bond donors (Lipinski definition) is 2. The number of nitrogens with one attached hydrogen (secondary N) is 1. The van der Waals surface area contributed by atoms with E-state index in [2.05, 4.69) is 5.32 Å². The summed E-state index contributed by atoms with van der Waals surface area (Å²) in [6.45, 7) is 1.70. The van der Waals surface area contributed by atoms with Crippen molar-refractivity contribution in [3.05, 3.63) is 65.2 Å². The van der Waals surface area contributed by atoms with E-state index in [9.17, 15) is 18.7 Å². The molecule has 6 heteroatoms. The molecule has 0 aromatic heterocycles. The average Bonchev–Trinajstić information content (AvgIpc) is 2.55. The minimum Gasteiger partial charge on any atom is -0.494 e. The normalized spacial score (nSPS) is 13.2. The number of carbonyl (C=O) groups excluding carboxylic acids is 1. The van der Waals surface area contributed by atoms with Crippen LogP contribution < -0.4 is 10.1 Å². The summed E-state index contributed by atoms with van der Waals surface area (Å²) < 4.78 is 31.8. The molecule has 0 spiro atoms. The molecule has 0 aliphatic rings. The first-order chi connectivity index (χ1) is 11.4. The molecule has 0 aliphatic heterocycles. The first kappa shape index (κ1) is 17.9. The van der Waals surface area contributed by atoms with Crippen LogP contribution >= 0.6 is 0 Å². The molecular formula is C18H19F2NO3. The smallest absolute Gasteiger partial charge is 0.254 e. The third-order valence-corrected chi connectivity index (χ3v) is 3.64. The molecule has 2 atom stereocenters. The summed E-state index contributed by atoms with van der Waals surface area (Å²) in [5.74, 6) is -1.73. The van der Waals surface area contributed by atoms with Crippen molar-refractivity contribution in [1.29, 1.82) is 0 Å². The largest absolute Gasteiger partial charge is 0.494 e. The summed E-state index contributed by atoms with van der Waals surface area (Å²) in [5, 5.41) is 12.8. The van der Waals surface area contributed by atoms with Crippen LogP contribution in [0.5, 0.6) is 5.75 Å². The lowest BCUT2D eigenvalue weighted by Gasteiger charge is -2.18. The van der Waals surface area contributed by atoms with E-state index < -0.39 is 23.9 Å². The molecule has 0 saturated carbocycles. The van der Waals surface area contributed by atoms with Gasteiger partial charge in [0, 0.05) is 6.04 Å². The van der Waals surface area contributed by atoms with Gasteiger partial charge in [-0.3, -0.25) is 4.79 Å². The Balaban J connectivity index is 2.00. The molecule has 0 bridgehead atoms. The molecule has 2 aromatic carbocycles. The number of aliphatic hydroxyl groups excluding tert-OH is 1. The van der Waals surface area contributed by atoms with Crippen LogP contribution in [0, 0.1) is 11.6 Å². The molecule has 24 heavy (non-hydrogen) atoms. The van der Waals surface area contributed by atoms with Gasteiger partial charge in [-0.15, -0.1) is 0 Å². The number of halogens is 2. The Morgan fingerprint density at radius 1 is 1.21 bits per heavy atom. The van der Waals surface area contributed by atoms with Gasteiger partial charge in [-0.2, -0.15) is 0 Å². The van der Waals surface area contributed by atoms with Crippen molar-refractivity contribution in [2.24, 2.45) is 0 Å². The van der Waals surface area contributed by atoms with E-state index in [4.69, 9.17) is 4.74 Å². The van der Waals surface area contributed by atoms with E-state index in [1.54, 1.807) is 6.92 Å². The van der Waals surface area contributed by atoms with Crippen molar-refractivity contribution in [2.45, 2.75) is 25.5 Å². The molecule has 2 unspecified atom stereocenters. The zero-order chi connectivity index (χ0) is 17.7. The fourth-order valence-electron chi connectivity index (χ4n) is 2.36. The summed E-state index contributed by atoms with van der Waals surface area (Å²) in [4.78, 5) is 12.2. The lowest BCUT2D eigenvalue weighted by molar-refractivity contribution is 0.0912. The van der Waals surface area contributed by atoms with Crippen LogP contribution in [0.2, 0.25) is 0 Å². The van der Waals surface area contributed by atoms with Crippen LogP contribution in [0.25, 0.3) is 0 Å². The molecular weight excluding hydrogens is 316 g/mol. The SMILES string of the molecule is COc1cccc(C(=O)NC(C)CC(O)c2ccc(F)cc2)c1F. The molecule has 1 amide bonds. The van der Waals surface area contributed by atoms with E-state index in [1.165, 1.54) is 49.6 Å². The molecule has 0 fully saturated rings. The maximum absolute atomic E-state index is 14.1. The number of amides is 1. The second-order valence-corrected chi connectivity index (χ2v) is 5.50. The van der Waals surface area contributed by atoms with Crippen LogP contribution in [-0.2, 0) is 0 Å². The van der Waals surface area contributed by atoms with Crippen LogP contribution in [0.15, 0.2) is 42.5 Å². The Bertz CT molecular complexity index is 704. The Hall–Kier alpha value is -2.47. The van der Waals surface area contributed by atoms with Crippen LogP contribution in [0.3, 0.4) is 0 Å². The Labute approximate surface area is 139 Å². The van der Waals surface area contributed by atoms with Gasteiger partial charge in [0.25, 0.3) is 5.91 Å². The van der Waals surface area contributed by atoms with Gasteiger partial charge in [-0.1, -0.05) is 18.2 Å². The summed E-state index contributed by atoms with van der Waals surface area (Å²) >= 11 is 0. The van der Waals surface area contributed by atoms with Gasteiger partial charge in [0.1, 0.15) is 5.82 Å². The highest BCUT2D eigenvalue weighted by molar-refractivity contribution is 5.95. The number of hydrogen-bond acceptors (Lipinski definition) is 3. The van der Waals surface area contributed by atoms with Crippen LogP contribution in [0.4, 0.5) is 8.78 Å². The predicted molar refractivity (Wildman–Crippen MR) is 85.9 cm³/mol. The summed E-state index contributed by atoms with van der Waals surface area (Å²) in [6.07, 6.45) is -0.653. The molecule has 0 radical (unpaired) electrons. The van der Waals surface area contributed by atoms with Gasteiger partial charge >= 0.3 is 0 Å². The second-order valence-electron chi connectivity index (χ2n) is 5.50. The lowest BCUT2D eigenvalue weighted by atomic mass is 10.0. The standard InChI is InChI=1S/C18H19F2NO3/c1-11(10-15(22)12-6-8-13(19)9-7-12)21-18(23)14-4-3-5-16(24-2)17(14)20/h3-9,11,15,22H,10H2,1-2H3,(H,21,23). The van der Waals surface area contributed by atoms with Crippen molar-refractivity contribution in [3.8, 4) is 5.75 Å². The quantitative estimate of drug-likeness (QED) is 0.852. The fraction of sp³-hybridized carbons (Fsp3) is 0.278. The molecule has 0 aliphatic carbocycles. The van der Waals surface area contributed by atoms with E-state index in [1.807, 2.05) is 0 Å². The van der Waals surface area contributed by atoms with Gasteiger partial charge in [0.15, 0.2) is 11.6 Å². The molecule has 128 valence electrons. The molecule has 2 rings (SSSR count). The first-order valence-corrected chi connectivity index (χ1v) is 7.49. The van der Waals surface area contributed by atoms with Crippen molar-refractivity contribution in [2.75, 3.05) is 7.11 Å². The molecule has 0 heterocycles. The predicted octanol–water partition coefficient (Wildman–Crippen LogP) is 3.22. The highest BCUT2D eigenvalue weighted by atomic mass is 19.1. The summed E-state index contributed by atoms with van der Waals surface area (Å²) in [5.41, 5.74) is 0.419. The lowest BCUT2D eigenvalue weighted by Crippen LogP contribution is -2.34. The van der Waals surface area contributed by atoms with Gasteiger partial charge in [-0.25, -0.2) is 8.78 Å². The maximum atomic E-state index is 14.1. The number of rotatable bonds is 6. The zero-order valence-electron chi connectivity index (χ0n) is 13.4. The van der Waals surface area contributed by atoms with E-state index in [-0.39, 0.29) is 23.6 Å². The molecule has 2 N–H and O–H groups in total. The van der Waals surface area contributed by atoms with Crippen LogP contribution in [0.1, 0.15) is 35.4 Å². The number of carbonyl (C=O) groups is 1. The van der Waals surface area contributed by atoms with E-state index >= 15 is 0 Å².